The summed E-state index contributed by atoms with van der Waals surface area (Å²) in [4.78, 5) is 12.4. The van der Waals surface area contributed by atoms with Crippen LogP contribution in [0.1, 0.15) is 63.4 Å². The van der Waals surface area contributed by atoms with E-state index >= 15 is 0 Å². The van der Waals surface area contributed by atoms with Crippen LogP contribution < -0.4 is 5.32 Å². The van der Waals surface area contributed by atoms with Crippen molar-refractivity contribution in [1.82, 2.24) is 5.32 Å². The minimum Gasteiger partial charge on any atom is -0.391 e. The number of hydrogen-bond acceptors (Lipinski definition) is 2. The lowest BCUT2D eigenvalue weighted by Gasteiger charge is -2.24. The second kappa shape index (κ2) is 7.60. The third kappa shape index (κ3) is 4.85. The summed E-state index contributed by atoms with van der Waals surface area (Å²) in [6.07, 6.45) is 1.36. The number of carbonyl (C=O) groups is 1. The Balaban J connectivity index is 2.78. The number of aliphatic hydroxyl groups excluding tert-OH is 1. The second-order valence-corrected chi connectivity index (χ2v) is 6.65. The number of carbonyl (C=O) groups excluding carboxylic acids is 1. The highest BCUT2D eigenvalue weighted by molar-refractivity contribution is 5.96. The molecular formula is C18H29NO2. The van der Waals surface area contributed by atoms with Crippen molar-refractivity contribution in [2.24, 2.45) is 5.92 Å². The van der Waals surface area contributed by atoms with Crippen molar-refractivity contribution in [3.05, 3.63) is 35.4 Å². The van der Waals surface area contributed by atoms with E-state index in [0.29, 0.717) is 12.1 Å². The molecule has 1 aromatic carbocycles. The van der Waals surface area contributed by atoms with Crippen LogP contribution in [0.5, 0.6) is 0 Å². The summed E-state index contributed by atoms with van der Waals surface area (Å²) in [5, 5.41) is 13.0. The van der Waals surface area contributed by atoms with E-state index in [0.717, 1.165) is 18.4 Å². The predicted molar refractivity (Wildman–Crippen MR) is 87.6 cm³/mol. The molecule has 0 aromatic heterocycles. The molecule has 0 spiro atoms. The molecule has 1 aromatic rings. The van der Waals surface area contributed by atoms with Crippen LogP contribution in [-0.4, -0.2) is 23.7 Å². The number of rotatable bonds is 6. The van der Waals surface area contributed by atoms with Gasteiger partial charge in [-0.1, -0.05) is 65.7 Å². The average molecular weight is 291 g/mol. The molecule has 0 fully saturated rings. The Morgan fingerprint density at radius 1 is 1.19 bits per heavy atom. The molecule has 1 unspecified atom stereocenters. The van der Waals surface area contributed by atoms with Crippen molar-refractivity contribution in [3.8, 4) is 0 Å². The van der Waals surface area contributed by atoms with Gasteiger partial charge in [-0.2, -0.15) is 0 Å². The van der Waals surface area contributed by atoms with Gasteiger partial charge in [-0.3, -0.25) is 4.79 Å². The predicted octanol–water partition coefficient (Wildman–Crippen LogP) is 3.51. The number of amides is 1. The molecule has 1 atom stereocenters. The molecule has 3 heteroatoms. The molecule has 3 nitrogen and oxygen atoms in total. The molecule has 0 saturated heterocycles. The quantitative estimate of drug-likeness (QED) is 0.842. The molecule has 0 aliphatic carbocycles. The molecule has 1 amide bonds. The third-order valence-electron chi connectivity index (χ3n) is 4.04. The van der Waals surface area contributed by atoms with Crippen LogP contribution in [0.15, 0.2) is 24.3 Å². The van der Waals surface area contributed by atoms with Gasteiger partial charge in [-0.25, -0.2) is 0 Å². The molecule has 2 N–H and O–H groups in total. The van der Waals surface area contributed by atoms with Crippen LogP contribution in [0.25, 0.3) is 0 Å². The molecule has 0 radical (unpaired) electrons. The van der Waals surface area contributed by atoms with Crippen LogP contribution in [0.2, 0.25) is 0 Å². The van der Waals surface area contributed by atoms with Gasteiger partial charge < -0.3 is 10.4 Å². The Morgan fingerprint density at radius 2 is 1.76 bits per heavy atom. The Morgan fingerprint density at radius 3 is 2.29 bits per heavy atom. The van der Waals surface area contributed by atoms with Crippen molar-refractivity contribution in [3.63, 3.8) is 0 Å². The summed E-state index contributed by atoms with van der Waals surface area (Å²) in [6.45, 7) is 10.7. The normalized spacial score (nSPS) is 13.3. The van der Waals surface area contributed by atoms with Crippen molar-refractivity contribution < 1.29 is 9.90 Å². The highest BCUT2D eigenvalue weighted by atomic mass is 16.3. The van der Waals surface area contributed by atoms with Gasteiger partial charge in [0.25, 0.3) is 5.91 Å². The second-order valence-electron chi connectivity index (χ2n) is 6.65. The van der Waals surface area contributed by atoms with E-state index < -0.39 is 6.10 Å². The SMILES string of the molecule is CCC(CC)C(O)CNC(=O)c1ccccc1C(C)(C)C. The number of benzene rings is 1. The van der Waals surface area contributed by atoms with Crippen molar-refractivity contribution in [1.29, 1.82) is 0 Å². The summed E-state index contributed by atoms with van der Waals surface area (Å²) in [5.41, 5.74) is 1.64. The fourth-order valence-electron chi connectivity index (χ4n) is 2.63. The molecule has 1 rings (SSSR count). The molecular weight excluding hydrogens is 262 g/mol. The van der Waals surface area contributed by atoms with Gasteiger partial charge in [-0.05, 0) is 23.0 Å². The highest BCUT2D eigenvalue weighted by Crippen LogP contribution is 2.25. The van der Waals surface area contributed by atoms with Gasteiger partial charge in [0.1, 0.15) is 0 Å². The topological polar surface area (TPSA) is 49.3 Å². The van der Waals surface area contributed by atoms with E-state index in [4.69, 9.17) is 0 Å². The first-order valence-corrected chi connectivity index (χ1v) is 7.87. The summed E-state index contributed by atoms with van der Waals surface area (Å²) >= 11 is 0. The standard InChI is InChI=1S/C18H29NO2/c1-6-13(7-2)16(20)12-19-17(21)14-10-8-9-11-15(14)18(3,4)5/h8-11,13,16,20H,6-7,12H2,1-5H3,(H,19,21). The fraction of sp³-hybridized carbons (Fsp3) is 0.611. The van der Waals surface area contributed by atoms with Crippen molar-refractivity contribution in [2.45, 2.75) is 59.0 Å². The van der Waals surface area contributed by atoms with Gasteiger partial charge in [-0.15, -0.1) is 0 Å². The first-order valence-electron chi connectivity index (χ1n) is 7.87. The lowest BCUT2D eigenvalue weighted by molar-refractivity contribution is 0.0815. The Hall–Kier alpha value is -1.35. The monoisotopic (exact) mass is 291 g/mol. The van der Waals surface area contributed by atoms with E-state index in [1.807, 2.05) is 24.3 Å². The average Bonchev–Trinajstić information content (AvgIpc) is 2.45. The Labute approximate surface area is 128 Å². The first-order chi connectivity index (χ1) is 9.81. The Bertz CT molecular complexity index is 459. The molecule has 0 aliphatic heterocycles. The zero-order valence-corrected chi connectivity index (χ0v) is 13.9. The molecule has 0 aliphatic rings. The van der Waals surface area contributed by atoms with Gasteiger partial charge >= 0.3 is 0 Å². The van der Waals surface area contributed by atoms with Crippen LogP contribution in [0, 0.1) is 5.92 Å². The molecule has 0 heterocycles. The number of nitrogens with one attached hydrogen (secondary N) is 1. The first kappa shape index (κ1) is 17.7. The largest absolute Gasteiger partial charge is 0.391 e. The van der Waals surface area contributed by atoms with E-state index in [-0.39, 0.29) is 17.2 Å². The zero-order chi connectivity index (χ0) is 16.0. The van der Waals surface area contributed by atoms with Crippen molar-refractivity contribution >= 4 is 5.91 Å². The maximum Gasteiger partial charge on any atom is 0.251 e. The zero-order valence-electron chi connectivity index (χ0n) is 13.9. The van der Waals surface area contributed by atoms with Crippen LogP contribution in [-0.2, 0) is 5.41 Å². The summed E-state index contributed by atoms with van der Waals surface area (Å²) in [5.74, 6) is 0.133. The fourth-order valence-corrected chi connectivity index (χ4v) is 2.63. The van der Waals surface area contributed by atoms with Gasteiger partial charge in [0.05, 0.1) is 6.10 Å². The molecule has 0 bridgehead atoms. The van der Waals surface area contributed by atoms with E-state index in [9.17, 15) is 9.90 Å². The summed E-state index contributed by atoms with van der Waals surface area (Å²) in [6, 6.07) is 7.67. The van der Waals surface area contributed by atoms with Gasteiger partial charge in [0, 0.05) is 12.1 Å². The van der Waals surface area contributed by atoms with E-state index in [1.165, 1.54) is 0 Å². The minimum atomic E-state index is -0.481. The van der Waals surface area contributed by atoms with E-state index in [2.05, 4.69) is 39.9 Å². The lowest BCUT2D eigenvalue weighted by Crippen LogP contribution is -2.37. The number of hydrogen-bond donors (Lipinski definition) is 2. The summed E-state index contributed by atoms with van der Waals surface area (Å²) in [7, 11) is 0. The minimum absolute atomic E-state index is 0.0814. The maximum absolute atomic E-state index is 12.4. The maximum atomic E-state index is 12.4. The lowest BCUT2D eigenvalue weighted by atomic mass is 9.83. The smallest absolute Gasteiger partial charge is 0.251 e. The number of aliphatic hydroxyl groups is 1. The highest BCUT2D eigenvalue weighted by Gasteiger charge is 2.22. The Kier molecular flexibility index (Phi) is 6.41. The van der Waals surface area contributed by atoms with Crippen molar-refractivity contribution in [2.75, 3.05) is 6.54 Å². The molecule has 21 heavy (non-hydrogen) atoms. The van der Waals surface area contributed by atoms with Crippen LogP contribution >= 0.6 is 0 Å². The van der Waals surface area contributed by atoms with Gasteiger partial charge in [0.15, 0.2) is 0 Å². The summed E-state index contributed by atoms with van der Waals surface area (Å²) < 4.78 is 0. The van der Waals surface area contributed by atoms with Crippen LogP contribution in [0.3, 0.4) is 0 Å². The van der Waals surface area contributed by atoms with E-state index in [1.54, 1.807) is 0 Å². The van der Waals surface area contributed by atoms with Gasteiger partial charge in [0.2, 0.25) is 0 Å². The van der Waals surface area contributed by atoms with Crippen LogP contribution in [0.4, 0.5) is 0 Å². The molecule has 0 saturated carbocycles. The molecule has 118 valence electrons. The third-order valence-corrected chi connectivity index (χ3v) is 4.04.